The van der Waals surface area contributed by atoms with Crippen molar-refractivity contribution in [1.29, 1.82) is 0 Å². The summed E-state index contributed by atoms with van der Waals surface area (Å²) in [5.74, 6) is -0.212. The van der Waals surface area contributed by atoms with Crippen molar-refractivity contribution in [1.82, 2.24) is 9.47 Å². The van der Waals surface area contributed by atoms with Crippen LogP contribution in [0.25, 0.3) is 0 Å². The zero-order valence-electron chi connectivity index (χ0n) is 15.1. The van der Waals surface area contributed by atoms with Gasteiger partial charge >= 0.3 is 0 Å². The molecule has 1 aromatic heterocycles. The summed E-state index contributed by atoms with van der Waals surface area (Å²) >= 11 is 0. The molecule has 0 radical (unpaired) electrons. The Labute approximate surface area is 154 Å². The summed E-state index contributed by atoms with van der Waals surface area (Å²) in [6.45, 7) is 4.54. The van der Waals surface area contributed by atoms with Crippen molar-refractivity contribution >= 4 is 0 Å². The molecule has 0 saturated carbocycles. The monoisotopic (exact) mass is 352 g/mol. The fourth-order valence-corrected chi connectivity index (χ4v) is 3.21. The molecule has 0 spiro atoms. The third-order valence-corrected chi connectivity index (χ3v) is 4.32. The molecule has 2 aromatic carbocycles. The zero-order valence-corrected chi connectivity index (χ0v) is 15.1. The predicted octanol–water partition coefficient (Wildman–Crippen LogP) is 4.06. The molecule has 136 valence electrons. The van der Waals surface area contributed by atoms with E-state index in [0.29, 0.717) is 13.1 Å². The predicted molar refractivity (Wildman–Crippen MR) is 102 cm³/mol. The van der Waals surface area contributed by atoms with Crippen LogP contribution in [0.4, 0.5) is 4.39 Å². The second-order valence-corrected chi connectivity index (χ2v) is 6.76. The maximum atomic E-state index is 13.4. The molecule has 3 aromatic rings. The van der Waals surface area contributed by atoms with E-state index < -0.39 is 6.10 Å². The number of halogens is 1. The summed E-state index contributed by atoms with van der Waals surface area (Å²) in [6.07, 6.45) is 1.62. The van der Waals surface area contributed by atoms with E-state index >= 15 is 0 Å². The smallest absolute Gasteiger partial charge is 0.123 e. The number of rotatable bonds is 8. The van der Waals surface area contributed by atoms with Gasteiger partial charge in [0, 0.05) is 38.1 Å². The first-order valence-electron chi connectivity index (χ1n) is 8.93. The van der Waals surface area contributed by atoms with Crippen molar-refractivity contribution in [2.24, 2.45) is 0 Å². The Kier molecular flexibility index (Phi) is 6.21. The number of benzene rings is 2. The van der Waals surface area contributed by atoms with Crippen LogP contribution >= 0.6 is 0 Å². The summed E-state index contributed by atoms with van der Waals surface area (Å²) < 4.78 is 15.6. The molecule has 0 bridgehead atoms. The molecule has 0 fully saturated rings. The van der Waals surface area contributed by atoms with Crippen molar-refractivity contribution in [3.8, 4) is 0 Å². The lowest BCUT2D eigenvalue weighted by molar-refractivity contribution is 0.116. The molecule has 0 amide bonds. The van der Waals surface area contributed by atoms with E-state index in [-0.39, 0.29) is 5.82 Å². The van der Waals surface area contributed by atoms with E-state index in [0.717, 1.165) is 24.3 Å². The van der Waals surface area contributed by atoms with Gasteiger partial charge in [-0.15, -0.1) is 0 Å². The first-order chi connectivity index (χ1) is 12.6. The van der Waals surface area contributed by atoms with Crippen LogP contribution in [0.2, 0.25) is 0 Å². The van der Waals surface area contributed by atoms with E-state index in [1.54, 1.807) is 12.1 Å². The van der Waals surface area contributed by atoms with Crippen molar-refractivity contribution in [2.45, 2.75) is 32.7 Å². The van der Waals surface area contributed by atoms with Crippen LogP contribution in [-0.2, 0) is 19.6 Å². The van der Waals surface area contributed by atoms with Crippen molar-refractivity contribution in [2.75, 3.05) is 6.54 Å². The van der Waals surface area contributed by atoms with Gasteiger partial charge in [0.1, 0.15) is 5.82 Å². The lowest BCUT2D eigenvalue weighted by Crippen LogP contribution is -2.31. The van der Waals surface area contributed by atoms with Gasteiger partial charge in [-0.05, 0) is 42.3 Å². The average Bonchev–Trinajstić information content (AvgIpc) is 3.02. The Morgan fingerprint density at radius 1 is 0.962 bits per heavy atom. The Morgan fingerprint density at radius 3 is 2.46 bits per heavy atom. The first kappa shape index (κ1) is 18.4. The maximum Gasteiger partial charge on any atom is 0.123 e. The highest BCUT2D eigenvalue weighted by Crippen LogP contribution is 2.14. The van der Waals surface area contributed by atoms with Crippen LogP contribution in [0.3, 0.4) is 0 Å². The number of aliphatic hydroxyl groups excluding tert-OH is 1. The van der Waals surface area contributed by atoms with Crippen LogP contribution in [0.5, 0.6) is 0 Å². The van der Waals surface area contributed by atoms with Gasteiger partial charge in [0.25, 0.3) is 0 Å². The van der Waals surface area contributed by atoms with Crippen LogP contribution in [0.1, 0.15) is 23.7 Å². The number of aliphatic hydroxyl groups is 1. The van der Waals surface area contributed by atoms with Crippen molar-refractivity contribution in [3.05, 3.63) is 95.6 Å². The van der Waals surface area contributed by atoms with Crippen LogP contribution in [0, 0.1) is 5.82 Å². The fraction of sp³-hybridized carbons (Fsp3) is 0.273. The fourth-order valence-electron chi connectivity index (χ4n) is 3.21. The molecule has 3 rings (SSSR count). The molecule has 4 heteroatoms. The standard InChI is InChI=1S/C22H25FN2O/c1-18(26)14-24(15-19-7-3-2-4-8-19)17-22-11-6-12-25(22)16-20-9-5-10-21(23)13-20/h2-13,18,26H,14-17H2,1H3/t18-/m0/s1. The van der Waals surface area contributed by atoms with Gasteiger partial charge < -0.3 is 9.67 Å². The van der Waals surface area contributed by atoms with E-state index in [1.807, 2.05) is 43.5 Å². The van der Waals surface area contributed by atoms with E-state index in [4.69, 9.17) is 0 Å². The molecule has 0 aliphatic rings. The number of aromatic nitrogens is 1. The highest BCUT2D eigenvalue weighted by Gasteiger charge is 2.12. The summed E-state index contributed by atoms with van der Waals surface area (Å²) in [4.78, 5) is 2.23. The third-order valence-electron chi connectivity index (χ3n) is 4.32. The Hall–Kier alpha value is -2.43. The topological polar surface area (TPSA) is 28.4 Å². The molecule has 0 unspecified atom stereocenters. The van der Waals surface area contributed by atoms with E-state index in [9.17, 15) is 9.50 Å². The van der Waals surface area contributed by atoms with Gasteiger partial charge in [0.15, 0.2) is 0 Å². The Balaban J connectivity index is 1.73. The third kappa shape index (κ3) is 5.28. The quantitative estimate of drug-likeness (QED) is 0.662. The molecule has 1 N–H and O–H groups in total. The van der Waals surface area contributed by atoms with Crippen LogP contribution in [0.15, 0.2) is 72.9 Å². The average molecular weight is 352 g/mol. The second kappa shape index (κ2) is 8.79. The number of hydrogen-bond donors (Lipinski definition) is 1. The van der Waals surface area contributed by atoms with Gasteiger partial charge in [-0.3, -0.25) is 4.90 Å². The van der Waals surface area contributed by atoms with Crippen molar-refractivity contribution in [3.63, 3.8) is 0 Å². The molecule has 0 aliphatic heterocycles. The molecule has 3 nitrogen and oxygen atoms in total. The SMILES string of the molecule is C[C@H](O)CN(Cc1ccccc1)Cc1cccn1Cc1cccc(F)c1. The highest BCUT2D eigenvalue weighted by molar-refractivity contribution is 5.19. The molecular weight excluding hydrogens is 327 g/mol. The summed E-state index contributed by atoms with van der Waals surface area (Å²) in [6, 6.07) is 21.1. The lowest BCUT2D eigenvalue weighted by Gasteiger charge is -2.24. The van der Waals surface area contributed by atoms with E-state index in [1.165, 1.54) is 11.6 Å². The first-order valence-corrected chi connectivity index (χ1v) is 8.93. The van der Waals surface area contributed by atoms with Gasteiger partial charge in [-0.1, -0.05) is 42.5 Å². The van der Waals surface area contributed by atoms with Crippen molar-refractivity contribution < 1.29 is 9.50 Å². The largest absolute Gasteiger partial charge is 0.392 e. The highest BCUT2D eigenvalue weighted by atomic mass is 19.1. The second-order valence-electron chi connectivity index (χ2n) is 6.76. The molecule has 1 atom stereocenters. The number of nitrogens with zero attached hydrogens (tertiary/aromatic N) is 2. The minimum Gasteiger partial charge on any atom is -0.392 e. The zero-order chi connectivity index (χ0) is 18.4. The van der Waals surface area contributed by atoms with Gasteiger partial charge in [0.2, 0.25) is 0 Å². The summed E-state index contributed by atoms with van der Waals surface area (Å²) in [7, 11) is 0. The Morgan fingerprint density at radius 2 is 1.73 bits per heavy atom. The molecule has 26 heavy (non-hydrogen) atoms. The van der Waals surface area contributed by atoms with Gasteiger partial charge in [0.05, 0.1) is 6.10 Å². The van der Waals surface area contributed by atoms with Gasteiger partial charge in [-0.25, -0.2) is 4.39 Å². The molecular formula is C22H25FN2O. The Bertz CT molecular complexity index is 814. The maximum absolute atomic E-state index is 13.4. The van der Waals surface area contributed by atoms with Crippen LogP contribution < -0.4 is 0 Å². The normalized spacial score (nSPS) is 12.5. The lowest BCUT2D eigenvalue weighted by atomic mass is 10.2. The summed E-state index contributed by atoms with van der Waals surface area (Å²) in [5.41, 5.74) is 3.30. The van der Waals surface area contributed by atoms with Crippen LogP contribution in [-0.4, -0.2) is 27.2 Å². The minimum atomic E-state index is -0.398. The minimum absolute atomic E-state index is 0.212. The van der Waals surface area contributed by atoms with Gasteiger partial charge in [-0.2, -0.15) is 0 Å². The number of hydrogen-bond acceptors (Lipinski definition) is 2. The molecule has 0 aliphatic carbocycles. The molecule has 1 heterocycles. The summed E-state index contributed by atoms with van der Waals surface area (Å²) in [5, 5.41) is 9.87. The molecule has 0 saturated heterocycles. The van der Waals surface area contributed by atoms with E-state index in [2.05, 4.69) is 27.7 Å².